The average molecular weight is 639 g/mol. The number of nitrogens with zero attached hydrogens (tertiary/aromatic N) is 2. The third-order valence-electron chi connectivity index (χ3n) is 9.34. The fraction of sp³-hybridized carbons (Fsp3) is 0.0909. The van der Waals surface area contributed by atoms with E-state index in [0.29, 0.717) is 5.82 Å². The summed E-state index contributed by atoms with van der Waals surface area (Å²) in [5, 5.41) is 3.33. The monoisotopic (exact) mass is 638 g/mol. The minimum atomic E-state index is -2.42. The smallest absolute Gasteiger partial charge is 0.160 e. The van der Waals surface area contributed by atoms with Gasteiger partial charge >= 0.3 is 0 Å². The fourth-order valence-corrected chi connectivity index (χ4v) is 7.93. The predicted molar refractivity (Wildman–Crippen MR) is 200 cm³/mol. The molecule has 1 atom stereocenters. The highest BCUT2D eigenvalue weighted by molar-refractivity contribution is 7.70. The van der Waals surface area contributed by atoms with E-state index < -0.39 is 7.14 Å². The largest absolute Gasteiger partial charge is 0.319 e. The van der Waals surface area contributed by atoms with Gasteiger partial charge in [0.05, 0.1) is 11.4 Å². The van der Waals surface area contributed by atoms with Gasteiger partial charge in [0, 0.05) is 27.9 Å². The van der Waals surface area contributed by atoms with Crippen LogP contribution in [0.15, 0.2) is 163 Å². The molecule has 232 valence electrons. The van der Waals surface area contributed by atoms with Gasteiger partial charge in [-0.15, -0.1) is 0 Å². The van der Waals surface area contributed by atoms with Gasteiger partial charge in [-0.3, -0.25) is 0 Å². The van der Waals surface area contributed by atoms with Crippen LogP contribution in [0, 0.1) is 5.92 Å². The number of hydrogen-bond acceptors (Lipinski definition) is 3. The molecule has 3 nitrogen and oxygen atoms in total. The molecule has 48 heavy (non-hydrogen) atoms. The summed E-state index contributed by atoms with van der Waals surface area (Å²) in [5.74, 6) is 0.874. The Labute approximate surface area is 281 Å². The molecule has 0 N–H and O–H groups in total. The second-order valence-corrected chi connectivity index (χ2v) is 16.1. The molecule has 0 bridgehead atoms. The molecule has 0 saturated heterocycles. The van der Waals surface area contributed by atoms with Crippen molar-refractivity contribution in [1.29, 1.82) is 0 Å². The molecule has 2 aliphatic rings. The molecular weight excluding hydrogens is 603 g/mol. The van der Waals surface area contributed by atoms with Gasteiger partial charge in [-0.05, 0) is 76.2 Å². The Bertz CT molecular complexity index is 2360. The SMILES string of the molecule is CP(C)(=O)c1cccc(C2=c3ccccc3=C(c3cccc(-c4nc(-c5ccccc5)cc(-c5ccccc5)n4)c3)C3CC=CC=C23)c1. The van der Waals surface area contributed by atoms with Crippen LogP contribution in [0.25, 0.3) is 45.0 Å². The molecule has 2 aliphatic carbocycles. The van der Waals surface area contributed by atoms with Gasteiger partial charge in [0.2, 0.25) is 0 Å². The Morgan fingerprint density at radius 3 is 1.85 bits per heavy atom. The van der Waals surface area contributed by atoms with Crippen molar-refractivity contribution in [2.75, 3.05) is 13.3 Å². The summed E-state index contributed by atoms with van der Waals surface area (Å²) < 4.78 is 13.1. The van der Waals surface area contributed by atoms with E-state index in [-0.39, 0.29) is 5.92 Å². The van der Waals surface area contributed by atoms with Gasteiger partial charge in [-0.1, -0.05) is 140 Å². The summed E-state index contributed by atoms with van der Waals surface area (Å²) >= 11 is 0. The Hall–Kier alpha value is -5.37. The highest BCUT2D eigenvalue weighted by Crippen LogP contribution is 2.42. The maximum absolute atomic E-state index is 13.1. The molecule has 0 aliphatic heterocycles. The molecule has 1 unspecified atom stereocenters. The van der Waals surface area contributed by atoms with E-state index in [1.165, 1.54) is 32.7 Å². The molecular formula is C44H35N2OP. The fourth-order valence-electron chi connectivity index (χ4n) is 7.03. The summed E-state index contributed by atoms with van der Waals surface area (Å²) in [5.41, 5.74) is 11.0. The Kier molecular flexibility index (Phi) is 7.71. The standard InChI is InChI=1S/C44H35N2OP/c1-48(2,47)35-22-14-20-33(28-35)43-38-25-11-9-23-36(38)42(37-24-10-12-26-39(37)43)32-19-13-21-34(27-32)44-45-40(30-15-5-3-6-16-30)29-41(46-44)31-17-7-4-8-18-31/h3-23,25-29,37H,24H2,1-2H3. The summed E-state index contributed by atoms with van der Waals surface area (Å²) in [6, 6.07) is 48.5. The molecule has 4 heteroatoms. The van der Waals surface area contributed by atoms with Gasteiger partial charge in [0.1, 0.15) is 7.14 Å². The molecule has 1 heterocycles. The number of rotatable bonds is 6. The molecule has 0 radical (unpaired) electrons. The first kappa shape index (κ1) is 30.0. The lowest BCUT2D eigenvalue weighted by Gasteiger charge is -2.31. The van der Waals surface area contributed by atoms with Crippen molar-refractivity contribution in [3.05, 3.63) is 185 Å². The van der Waals surface area contributed by atoms with Crippen LogP contribution in [-0.4, -0.2) is 23.3 Å². The number of fused-ring (bicyclic) bond motifs is 2. The summed E-state index contributed by atoms with van der Waals surface area (Å²) in [6.45, 7) is 3.69. The molecule has 0 amide bonds. The number of hydrogen-bond donors (Lipinski definition) is 0. The van der Waals surface area contributed by atoms with E-state index in [9.17, 15) is 4.57 Å². The first-order valence-corrected chi connectivity index (χ1v) is 19.0. The third kappa shape index (κ3) is 5.61. The maximum atomic E-state index is 13.1. The average Bonchev–Trinajstić information content (AvgIpc) is 3.14. The van der Waals surface area contributed by atoms with E-state index >= 15 is 0 Å². The zero-order valence-electron chi connectivity index (χ0n) is 27.0. The molecule has 0 spiro atoms. The van der Waals surface area contributed by atoms with Crippen LogP contribution in [0.3, 0.4) is 0 Å². The van der Waals surface area contributed by atoms with Gasteiger partial charge < -0.3 is 4.57 Å². The summed E-state index contributed by atoms with van der Waals surface area (Å²) in [4.78, 5) is 10.2. The molecule has 0 fully saturated rings. The van der Waals surface area contributed by atoms with Crippen LogP contribution in [0.1, 0.15) is 17.5 Å². The van der Waals surface area contributed by atoms with Crippen molar-refractivity contribution in [1.82, 2.24) is 9.97 Å². The van der Waals surface area contributed by atoms with Crippen LogP contribution < -0.4 is 15.7 Å². The molecule has 5 aromatic carbocycles. The van der Waals surface area contributed by atoms with Crippen molar-refractivity contribution < 1.29 is 4.57 Å². The Balaban J connectivity index is 1.35. The van der Waals surface area contributed by atoms with E-state index in [0.717, 1.165) is 45.4 Å². The van der Waals surface area contributed by atoms with Crippen molar-refractivity contribution in [3.8, 4) is 33.9 Å². The molecule has 0 saturated carbocycles. The van der Waals surface area contributed by atoms with Crippen LogP contribution in [0.5, 0.6) is 0 Å². The van der Waals surface area contributed by atoms with Gasteiger partial charge in [0.25, 0.3) is 0 Å². The van der Waals surface area contributed by atoms with Crippen molar-refractivity contribution in [3.63, 3.8) is 0 Å². The lowest BCUT2D eigenvalue weighted by atomic mass is 9.72. The van der Waals surface area contributed by atoms with Crippen molar-refractivity contribution in [2.45, 2.75) is 6.42 Å². The van der Waals surface area contributed by atoms with E-state index in [1.54, 1.807) is 0 Å². The van der Waals surface area contributed by atoms with Crippen LogP contribution in [0.4, 0.5) is 0 Å². The quantitative estimate of drug-likeness (QED) is 0.172. The van der Waals surface area contributed by atoms with Gasteiger partial charge in [0.15, 0.2) is 5.82 Å². The van der Waals surface area contributed by atoms with E-state index in [1.807, 2.05) is 61.9 Å². The number of aromatic nitrogens is 2. The number of allylic oxidation sites excluding steroid dienone is 4. The zero-order valence-corrected chi connectivity index (χ0v) is 27.9. The second kappa shape index (κ2) is 12.3. The predicted octanol–water partition coefficient (Wildman–Crippen LogP) is 8.64. The Morgan fingerprint density at radius 2 is 1.17 bits per heavy atom. The highest BCUT2D eigenvalue weighted by atomic mass is 31.2. The zero-order chi connectivity index (χ0) is 32.7. The third-order valence-corrected chi connectivity index (χ3v) is 10.9. The number of benzene rings is 5. The van der Waals surface area contributed by atoms with Crippen LogP contribution in [0.2, 0.25) is 0 Å². The first-order valence-electron chi connectivity index (χ1n) is 16.4. The summed E-state index contributed by atoms with van der Waals surface area (Å²) in [7, 11) is -2.42. The minimum absolute atomic E-state index is 0.172. The second-order valence-electron chi connectivity index (χ2n) is 12.8. The minimum Gasteiger partial charge on any atom is -0.319 e. The van der Waals surface area contributed by atoms with Crippen LogP contribution in [-0.2, 0) is 4.57 Å². The van der Waals surface area contributed by atoms with Crippen molar-refractivity contribution >= 4 is 23.6 Å². The topological polar surface area (TPSA) is 42.9 Å². The highest BCUT2D eigenvalue weighted by Gasteiger charge is 2.30. The lowest BCUT2D eigenvalue weighted by Crippen LogP contribution is -2.37. The normalized spacial score (nSPS) is 15.5. The molecule has 6 aromatic rings. The van der Waals surface area contributed by atoms with E-state index in [2.05, 4.69) is 109 Å². The molecule has 8 rings (SSSR count). The van der Waals surface area contributed by atoms with Gasteiger partial charge in [-0.2, -0.15) is 0 Å². The first-order chi connectivity index (χ1) is 23.4. The molecule has 1 aromatic heterocycles. The lowest BCUT2D eigenvalue weighted by molar-refractivity contribution is 0.588. The summed E-state index contributed by atoms with van der Waals surface area (Å²) in [6.07, 6.45) is 7.62. The maximum Gasteiger partial charge on any atom is 0.160 e. The van der Waals surface area contributed by atoms with Gasteiger partial charge in [-0.25, -0.2) is 9.97 Å². The van der Waals surface area contributed by atoms with Crippen LogP contribution >= 0.6 is 7.14 Å². The Morgan fingerprint density at radius 1 is 0.583 bits per heavy atom. The van der Waals surface area contributed by atoms with Crippen molar-refractivity contribution in [2.24, 2.45) is 5.92 Å². The van der Waals surface area contributed by atoms with E-state index in [4.69, 9.17) is 9.97 Å².